The molecule has 0 aliphatic carbocycles. The number of furan rings is 2. The lowest BCUT2D eigenvalue weighted by Crippen LogP contribution is -2.59. The zero-order valence-electron chi connectivity index (χ0n) is 34.9. The van der Waals surface area contributed by atoms with Crippen LogP contribution in [0, 0.1) is 0 Å². The highest BCUT2D eigenvalue weighted by Gasteiger charge is 2.42. The summed E-state index contributed by atoms with van der Waals surface area (Å²) in [6.07, 6.45) is 0. The number of fused-ring (bicyclic) bond motifs is 20. The molecule has 2 aliphatic heterocycles. The number of thiophene rings is 1. The monoisotopic (exact) mass is 843 g/mol. The fraction of sp³-hybridized carbons (Fsp3) is 0. The second-order valence-electron chi connectivity index (χ2n) is 17.6. The van der Waals surface area contributed by atoms with Crippen molar-refractivity contribution in [2.24, 2.45) is 0 Å². The summed E-state index contributed by atoms with van der Waals surface area (Å²) >= 11 is 1.87. The number of hydrogen-bond acceptors (Lipinski definition) is 4. The summed E-state index contributed by atoms with van der Waals surface area (Å²) in [5.41, 5.74) is 20.8. The Bertz CT molecular complexity index is 4170. The Balaban J connectivity index is 0.934. The number of para-hydroxylation sites is 3. The summed E-state index contributed by atoms with van der Waals surface area (Å²) in [6.45, 7) is -0.0337. The molecule has 0 bridgehead atoms. The molecular formula is C60H34BNO2S. The highest BCUT2D eigenvalue weighted by Crippen LogP contribution is 2.49. The third-order valence-electron chi connectivity index (χ3n) is 14.1. The number of nitrogens with zero attached hydrogens (tertiary/aromatic N) is 1. The first kappa shape index (κ1) is 35.4. The van der Waals surface area contributed by atoms with Crippen molar-refractivity contribution in [3.63, 3.8) is 0 Å². The van der Waals surface area contributed by atoms with Crippen molar-refractivity contribution >= 4 is 105 Å². The minimum Gasteiger partial charge on any atom is -0.456 e. The third kappa shape index (κ3) is 5.13. The highest BCUT2D eigenvalue weighted by atomic mass is 32.1. The summed E-state index contributed by atoms with van der Waals surface area (Å²) in [6, 6.07) is 76.0. The second kappa shape index (κ2) is 13.2. The van der Waals surface area contributed by atoms with Crippen LogP contribution in [0.1, 0.15) is 0 Å². The largest absolute Gasteiger partial charge is 0.456 e. The van der Waals surface area contributed by atoms with Crippen LogP contribution >= 0.6 is 11.3 Å². The molecule has 0 amide bonds. The molecule has 3 nitrogen and oxygen atoms in total. The quantitative estimate of drug-likeness (QED) is 0.166. The third-order valence-corrected chi connectivity index (χ3v) is 15.2. The smallest absolute Gasteiger partial charge is 0.329 e. The number of hydrogen-bond donors (Lipinski definition) is 0. The van der Waals surface area contributed by atoms with E-state index in [0.29, 0.717) is 0 Å². The predicted octanol–water partition coefficient (Wildman–Crippen LogP) is 15.8. The van der Waals surface area contributed by atoms with E-state index in [4.69, 9.17) is 8.83 Å². The van der Waals surface area contributed by atoms with E-state index in [1.54, 1.807) is 0 Å². The molecule has 0 radical (unpaired) electrons. The summed E-state index contributed by atoms with van der Waals surface area (Å²) in [5, 5.41) is 7.17. The van der Waals surface area contributed by atoms with Crippen molar-refractivity contribution in [1.82, 2.24) is 0 Å². The van der Waals surface area contributed by atoms with Crippen LogP contribution in [0.2, 0.25) is 0 Å². The first-order valence-electron chi connectivity index (χ1n) is 22.2. The van der Waals surface area contributed by atoms with Gasteiger partial charge in [-0.25, -0.2) is 0 Å². The van der Waals surface area contributed by atoms with Crippen LogP contribution in [-0.2, 0) is 0 Å². The van der Waals surface area contributed by atoms with E-state index in [-0.39, 0.29) is 6.85 Å². The van der Waals surface area contributed by atoms with E-state index in [1.165, 1.54) is 92.5 Å². The van der Waals surface area contributed by atoms with Gasteiger partial charge in [0.25, 0.3) is 0 Å². The van der Waals surface area contributed by atoms with Gasteiger partial charge in [-0.2, -0.15) is 0 Å². The molecule has 0 spiro atoms. The molecule has 0 saturated heterocycles. The Hall–Kier alpha value is -8.12. The standard InChI is InChI=1S/C60H34BNO2S/c1-5-13-53-41(9-1)45-29-35(40-22-28-60-50(34-40)44-12-4-8-16-59(44)65-60)17-23-51(45)61-52-24-18-36(38-20-26-57-48(32-38)42-10-2-6-14-55(42)63-57)30-46(52)47-31-37(19-25-54(47)62(53)61)39-21-27-58-49(33-39)43-11-3-7-15-56(43)64-58/h1-34H. The predicted molar refractivity (Wildman–Crippen MR) is 275 cm³/mol. The van der Waals surface area contributed by atoms with Gasteiger partial charge >= 0.3 is 6.85 Å². The molecule has 0 N–H and O–H groups in total. The van der Waals surface area contributed by atoms with Crippen LogP contribution < -0.4 is 15.7 Å². The van der Waals surface area contributed by atoms with Crippen molar-refractivity contribution in [3.8, 4) is 55.6 Å². The molecular weight excluding hydrogens is 810 g/mol. The molecule has 5 heteroatoms. The molecule has 0 saturated carbocycles. The first-order valence-corrected chi connectivity index (χ1v) is 23.1. The molecule has 13 aromatic rings. The van der Waals surface area contributed by atoms with Crippen molar-refractivity contribution in [2.75, 3.05) is 4.81 Å². The number of rotatable bonds is 3. The van der Waals surface area contributed by atoms with Crippen molar-refractivity contribution in [2.45, 2.75) is 0 Å². The van der Waals surface area contributed by atoms with Gasteiger partial charge in [0.15, 0.2) is 0 Å². The van der Waals surface area contributed by atoms with E-state index in [2.05, 4.69) is 187 Å². The van der Waals surface area contributed by atoms with E-state index >= 15 is 0 Å². The van der Waals surface area contributed by atoms with Crippen molar-refractivity contribution in [1.29, 1.82) is 0 Å². The summed E-state index contributed by atoms with van der Waals surface area (Å²) < 4.78 is 15.2. The molecule has 0 unspecified atom stereocenters. The minimum absolute atomic E-state index is 0.0337. The lowest BCUT2D eigenvalue weighted by Gasteiger charge is -2.43. The normalized spacial score (nSPS) is 12.9. The molecule has 65 heavy (non-hydrogen) atoms. The average Bonchev–Trinajstić information content (AvgIpc) is 4.06. The Morgan fingerprint density at radius 3 is 1.43 bits per heavy atom. The van der Waals surface area contributed by atoms with Gasteiger partial charge in [-0.3, -0.25) is 0 Å². The average molecular weight is 844 g/mol. The van der Waals surface area contributed by atoms with E-state index in [1.807, 2.05) is 35.6 Å². The van der Waals surface area contributed by atoms with E-state index in [0.717, 1.165) is 49.4 Å². The van der Waals surface area contributed by atoms with Gasteiger partial charge in [0.1, 0.15) is 22.3 Å². The fourth-order valence-electron chi connectivity index (χ4n) is 11.0. The topological polar surface area (TPSA) is 29.5 Å². The van der Waals surface area contributed by atoms with Gasteiger partial charge in [-0.15, -0.1) is 11.3 Å². The number of benzene rings is 10. The maximum atomic E-state index is 6.26. The lowest BCUT2D eigenvalue weighted by molar-refractivity contribution is 0.668. The Labute approximate surface area is 378 Å². The van der Waals surface area contributed by atoms with Crippen LogP contribution in [0.4, 0.5) is 11.4 Å². The molecule has 15 rings (SSSR count). The summed E-state index contributed by atoms with van der Waals surface area (Å²) in [7, 11) is 0. The summed E-state index contributed by atoms with van der Waals surface area (Å²) in [4.78, 5) is 2.60. The SMILES string of the molecule is c1ccc2c(c1)-c1cc(-c3ccc4sc5ccccc5c4c3)ccc1B1c3ccc(-c4ccc5oc6ccccc6c5c4)cc3-c3cc(-c4ccc5oc6ccccc6c5c4)ccc3N12. The van der Waals surface area contributed by atoms with Crippen LogP contribution in [0.5, 0.6) is 0 Å². The maximum absolute atomic E-state index is 6.26. The molecule has 0 atom stereocenters. The lowest BCUT2D eigenvalue weighted by atomic mass is 9.43. The van der Waals surface area contributed by atoms with Gasteiger partial charge in [-0.05, 0) is 140 Å². The van der Waals surface area contributed by atoms with Crippen LogP contribution in [0.15, 0.2) is 215 Å². The molecule has 5 heterocycles. The van der Waals surface area contributed by atoms with Gasteiger partial charge in [0.2, 0.25) is 0 Å². The van der Waals surface area contributed by atoms with Crippen LogP contribution in [-0.4, -0.2) is 6.85 Å². The van der Waals surface area contributed by atoms with E-state index < -0.39 is 0 Å². The molecule has 300 valence electrons. The van der Waals surface area contributed by atoms with Gasteiger partial charge in [0.05, 0.1) is 0 Å². The molecule has 2 aliphatic rings. The Morgan fingerprint density at radius 1 is 0.308 bits per heavy atom. The van der Waals surface area contributed by atoms with Crippen molar-refractivity contribution < 1.29 is 8.83 Å². The molecule has 0 fully saturated rings. The van der Waals surface area contributed by atoms with Gasteiger partial charge in [-0.1, -0.05) is 121 Å². The first-order chi connectivity index (χ1) is 32.2. The Kier molecular flexibility index (Phi) is 7.19. The van der Waals surface area contributed by atoms with Crippen LogP contribution in [0.25, 0.3) is 120 Å². The highest BCUT2D eigenvalue weighted by molar-refractivity contribution is 7.25. The van der Waals surface area contributed by atoms with Crippen LogP contribution in [0.3, 0.4) is 0 Å². The molecule has 3 aromatic heterocycles. The van der Waals surface area contributed by atoms with Gasteiger partial charge < -0.3 is 13.6 Å². The summed E-state index contributed by atoms with van der Waals surface area (Å²) in [5.74, 6) is 0. The maximum Gasteiger partial charge on any atom is 0.329 e. The molecule has 10 aromatic carbocycles. The fourth-order valence-corrected chi connectivity index (χ4v) is 12.1. The van der Waals surface area contributed by atoms with E-state index in [9.17, 15) is 0 Å². The zero-order chi connectivity index (χ0) is 42.3. The van der Waals surface area contributed by atoms with Crippen molar-refractivity contribution in [3.05, 3.63) is 206 Å². The number of anilines is 2. The Morgan fingerprint density at radius 2 is 0.754 bits per heavy atom. The van der Waals surface area contributed by atoms with Gasteiger partial charge in [0, 0.05) is 64.2 Å². The minimum atomic E-state index is -0.0337. The zero-order valence-corrected chi connectivity index (χ0v) is 35.7. The second-order valence-corrected chi connectivity index (χ2v) is 18.6.